The fraction of sp³-hybridized carbons (Fsp3) is 0.533. The second-order valence-electron chi connectivity index (χ2n) is 5.34. The molecule has 1 atom stereocenters. The summed E-state index contributed by atoms with van der Waals surface area (Å²) in [7, 11) is 0. The highest BCUT2D eigenvalue weighted by atomic mass is 35.5. The number of nitrogens with one attached hydrogen (secondary N) is 1. The van der Waals surface area contributed by atoms with Crippen molar-refractivity contribution in [1.29, 1.82) is 0 Å². The predicted molar refractivity (Wildman–Crippen MR) is 78.3 cm³/mol. The topological polar surface area (TPSA) is 55.1 Å². The molecule has 0 spiro atoms. The van der Waals surface area contributed by atoms with Crippen molar-refractivity contribution >= 4 is 17.5 Å². The highest BCUT2D eigenvalue weighted by Crippen LogP contribution is 2.26. The van der Waals surface area contributed by atoms with Gasteiger partial charge in [0.2, 0.25) is 0 Å². The Bertz CT molecular complexity index is 475. The van der Waals surface area contributed by atoms with Crippen LogP contribution in [0, 0.1) is 11.7 Å². The maximum Gasteiger partial charge on any atom is 0.251 e. The number of carbonyl (C=O) groups excluding carboxylic acids is 1. The summed E-state index contributed by atoms with van der Waals surface area (Å²) in [5.41, 5.74) is 6.05. The Morgan fingerprint density at radius 1 is 1.40 bits per heavy atom. The first-order valence-electron chi connectivity index (χ1n) is 7.08. The van der Waals surface area contributed by atoms with Gasteiger partial charge in [0.05, 0.1) is 5.02 Å². The molecule has 1 fully saturated rings. The standard InChI is InChI=1S/C15H20ClFN2O/c16-12-7-6-11(8-13(12)17)15(20)19-14(9-18)10-4-2-1-3-5-10/h6-8,10,14H,1-5,9,18H2,(H,19,20). The summed E-state index contributed by atoms with van der Waals surface area (Å²) in [6.07, 6.45) is 5.82. The normalized spacial score (nSPS) is 17.8. The molecule has 3 N–H and O–H groups in total. The van der Waals surface area contributed by atoms with Crippen LogP contribution in [0.5, 0.6) is 0 Å². The largest absolute Gasteiger partial charge is 0.348 e. The second kappa shape index (κ2) is 7.04. The van der Waals surface area contributed by atoms with Crippen molar-refractivity contribution < 1.29 is 9.18 Å². The van der Waals surface area contributed by atoms with E-state index in [4.69, 9.17) is 17.3 Å². The second-order valence-corrected chi connectivity index (χ2v) is 5.75. The highest BCUT2D eigenvalue weighted by Gasteiger charge is 2.24. The number of hydrogen-bond acceptors (Lipinski definition) is 2. The first-order chi connectivity index (χ1) is 9.61. The molecule has 0 aromatic heterocycles. The molecule has 1 aliphatic carbocycles. The van der Waals surface area contributed by atoms with Crippen LogP contribution in [0.15, 0.2) is 18.2 Å². The maximum atomic E-state index is 13.4. The summed E-state index contributed by atoms with van der Waals surface area (Å²) >= 11 is 5.61. The van der Waals surface area contributed by atoms with Crippen molar-refractivity contribution in [1.82, 2.24) is 5.32 Å². The zero-order valence-corrected chi connectivity index (χ0v) is 12.1. The molecule has 1 aliphatic rings. The minimum absolute atomic E-state index is 0.0178. The summed E-state index contributed by atoms with van der Waals surface area (Å²) in [6.45, 7) is 0.409. The monoisotopic (exact) mass is 298 g/mol. The molecule has 2 rings (SSSR count). The molecule has 0 saturated heterocycles. The first kappa shape index (κ1) is 15.3. The van der Waals surface area contributed by atoms with Crippen molar-refractivity contribution in [3.8, 4) is 0 Å². The Morgan fingerprint density at radius 3 is 2.70 bits per heavy atom. The van der Waals surface area contributed by atoms with E-state index < -0.39 is 5.82 Å². The fourth-order valence-corrected chi connectivity index (χ4v) is 2.91. The number of benzene rings is 1. The summed E-state index contributed by atoms with van der Waals surface area (Å²) in [4.78, 5) is 12.1. The number of rotatable bonds is 4. The molecule has 0 aliphatic heterocycles. The molecular weight excluding hydrogens is 279 g/mol. The lowest BCUT2D eigenvalue weighted by atomic mass is 9.84. The van der Waals surface area contributed by atoms with E-state index >= 15 is 0 Å². The SMILES string of the molecule is NCC(NC(=O)c1ccc(Cl)c(F)c1)C1CCCCC1. The Balaban J connectivity index is 2.02. The van der Waals surface area contributed by atoms with Crippen LogP contribution >= 0.6 is 11.6 Å². The van der Waals surface area contributed by atoms with Gasteiger partial charge >= 0.3 is 0 Å². The van der Waals surface area contributed by atoms with Crippen LogP contribution < -0.4 is 11.1 Å². The minimum atomic E-state index is -0.582. The van der Waals surface area contributed by atoms with Gasteiger partial charge in [0.25, 0.3) is 5.91 Å². The van der Waals surface area contributed by atoms with Gasteiger partial charge < -0.3 is 11.1 Å². The van der Waals surface area contributed by atoms with Crippen LogP contribution in [0.4, 0.5) is 4.39 Å². The van der Waals surface area contributed by atoms with Crippen molar-refractivity contribution in [3.63, 3.8) is 0 Å². The number of nitrogens with two attached hydrogens (primary N) is 1. The number of hydrogen-bond donors (Lipinski definition) is 2. The molecule has 1 aromatic rings. The van der Waals surface area contributed by atoms with Crippen molar-refractivity contribution in [2.45, 2.75) is 38.1 Å². The van der Waals surface area contributed by atoms with Gasteiger partial charge in [0, 0.05) is 18.2 Å². The number of amides is 1. The minimum Gasteiger partial charge on any atom is -0.348 e. The van der Waals surface area contributed by atoms with E-state index in [1.54, 1.807) is 0 Å². The Kier molecular flexibility index (Phi) is 5.38. The van der Waals surface area contributed by atoms with Gasteiger partial charge in [-0.15, -0.1) is 0 Å². The van der Waals surface area contributed by atoms with Crippen molar-refractivity contribution in [2.24, 2.45) is 11.7 Å². The third-order valence-electron chi connectivity index (χ3n) is 3.97. The molecule has 0 heterocycles. The van der Waals surface area contributed by atoms with Gasteiger partial charge in [-0.2, -0.15) is 0 Å². The van der Waals surface area contributed by atoms with E-state index in [1.807, 2.05) is 0 Å². The number of halogens is 2. The lowest BCUT2D eigenvalue weighted by Gasteiger charge is -2.30. The molecule has 20 heavy (non-hydrogen) atoms. The molecule has 0 bridgehead atoms. The van der Waals surface area contributed by atoms with Crippen molar-refractivity contribution in [2.75, 3.05) is 6.54 Å². The number of carbonyl (C=O) groups is 1. The van der Waals surface area contributed by atoms with Gasteiger partial charge in [-0.1, -0.05) is 30.9 Å². The zero-order chi connectivity index (χ0) is 14.5. The highest BCUT2D eigenvalue weighted by molar-refractivity contribution is 6.30. The molecule has 1 saturated carbocycles. The Morgan fingerprint density at radius 2 is 2.10 bits per heavy atom. The quantitative estimate of drug-likeness (QED) is 0.897. The third-order valence-corrected chi connectivity index (χ3v) is 4.28. The molecule has 1 aromatic carbocycles. The van der Waals surface area contributed by atoms with E-state index in [9.17, 15) is 9.18 Å². The van der Waals surface area contributed by atoms with Gasteiger partial charge in [-0.3, -0.25) is 4.79 Å². The Labute approximate surface area is 123 Å². The molecule has 5 heteroatoms. The fourth-order valence-electron chi connectivity index (χ4n) is 2.79. The maximum absolute atomic E-state index is 13.4. The average Bonchev–Trinajstić information content (AvgIpc) is 2.48. The van der Waals surface area contributed by atoms with E-state index in [2.05, 4.69) is 5.32 Å². The van der Waals surface area contributed by atoms with E-state index in [1.165, 1.54) is 31.4 Å². The summed E-state index contributed by atoms with van der Waals surface area (Å²) in [5, 5.41) is 2.94. The predicted octanol–water partition coefficient (Wildman–Crippen LogP) is 3.12. The van der Waals surface area contributed by atoms with Crippen LogP contribution in [0.3, 0.4) is 0 Å². The summed E-state index contributed by atoms with van der Waals surface area (Å²) in [5.74, 6) is -0.447. The molecule has 110 valence electrons. The smallest absolute Gasteiger partial charge is 0.251 e. The van der Waals surface area contributed by atoms with E-state index in [0.717, 1.165) is 18.9 Å². The van der Waals surface area contributed by atoms with Crippen LogP contribution in [-0.2, 0) is 0 Å². The lowest BCUT2D eigenvalue weighted by Crippen LogP contribution is -2.45. The van der Waals surface area contributed by atoms with Crippen LogP contribution in [0.1, 0.15) is 42.5 Å². The van der Waals surface area contributed by atoms with Gasteiger partial charge in [-0.05, 0) is 37.0 Å². The average molecular weight is 299 g/mol. The lowest BCUT2D eigenvalue weighted by molar-refractivity contribution is 0.0915. The van der Waals surface area contributed by atoms with Gasteiger partial charge in [0.15, 0.2) is 0 Å². The van der Waals surface area contributed by atoms with Crippen LogP contribution in [0.25, 0.3) is 0 Å². The van der Waals surface area contributed by atoms with Gasteiger partial charge in [-0.25, -0.2) is 4.39 Å². The summed E-state index contributed by atoms with van der Waals surface area (Å²) in [6, 6.07) is 4.03. The van der Waals surface area contributed by atoms with Crippen LogP contribution in [-0.4, -0.2) is 18.5 Å². The molecular formula is C15H20ClFN2O. The molecule has 1 amide bonds. The Hall–Kier alpha value is -1.13. The third kappa shape index (κ3) is 3.70. The molecule has 3 nitrogen and oxygen atoms in total. The zero-order valence-electron chi connectivity index (χ0n) is 11.4. The van der Waals surface area contributed by atoms with E-state index in [0.29, 0.717) is 12.5 Å². The summed E-state index contributed by atoms with van der Waals surface area (Å²) < 4.78 is 13.4. The van der Waals surface area contributed by atoms with Crippen molar-refractivity contribution in [3.05, 3.63) is 34.6 Å². The molecule has 1 unspecified atom stereocenters. The van der Waals surface area contributed by atoms with E-state index in [-0.39, 0.29) is 22.5 Å². The first-order valence-corrected chi connectivity index (χ1v) is 7.45. The van der Waals surface area contributed by atoms with Crippen LogP contribution in [0.2, 0.25) is 5.02 Å². The molecule has 0 radical (unpaired) electrons. The van der Waals surface area contributed by atoms with Gasteiger partial charge in [0.1, 0.15) is 5.82 Å².